The minimum atomic E-state index is -0.510. The van der Waals surface area contributed by atoms with Crippen LogP contribution in [0, 0.1) is 0 Å². The molecule has 1 aromatic rings. The van der Waals surface area contributed by atoms with E-state index in [4.69, 9.17) is 4.74 Å². The summed E-state index contributed by atoms with van der Waals surface area (Å²) in [6, 6.07) is 8.60. The molecule has 0 saturated carbocycles. The normalized spacial score (nSPS) is 23.4. The monoisotopic (exact) mass is 344 g/mol. The van der Waals surface area contributed by atoms with E-state index in [-0.39, 0.29) is 18.6 Å². The predicted octanol–water partition coefficient (Wildman–Crippen LogP) is 2.37. The van der Waals surface area contributed by atoms with Gasteiger partial charge in [-0.15, -0.1) is 0 Å². The number of ether oxygens (including phenoxy) is 1. The first kappa shape index (κ1) is 17.5. The van der Waals surface area contributed by atoms with Gasteiger partial charge in [-0.3, -0.25) is 9.69 Å². The van der Waals surface area contributed by atoms with Gasteiger partial charge >= 0.3 is 6.09 Å². The molecule has 2 unspecified atom stereocenters. The second-order valence-corrected chi connectivity index (χ2v) is 6.62. The van der Waals surface area contributed by atoms with Crippen LogP contribution in [-0.2, 0) is 20.9 Å². The van der Waals surface area contributed by atoms with Gasteiger partial charge in [0.2, 0.25) is 5.91 Å². The van der Waals surface area contributed by atoms with E-state index in [1.807, 2.05) is 30.3 Å². The quantitative estimate of drug-likeness (QED) is 0.787. The Morgan fingerprint density at radius 3 is 2.56 bits per heavy atom. The first-order chi connectivity index (χ1) is 12.2. The molecule has 2 aliphatic heterocycles. The number of aldehydes is 1. The topological polar surface area (TPSA) is 66.9 Å². The van der Waals surface area contributed by atoms with Crippen molar-refractivity contribution in [3.8, 4) is 0 Å². The highest BCUT2D eigenvalue weighted by molar-refractivity contribution is 5.88. The number of amides is 2. The maximum Gasteiger partial charge on any atom is 0.410 e. The van der Waals surface area contributed by atoms with E-state index in [0.29, 0.717) is 25.9 Å². The van der Waals surface area contributed by atoms with Crippen molar-refractivity contribution in [1.29, 1.82) is 0 Å². The van der Waals surface area contributed by atoms with Crippen LogP contribution in [0.15, 0.2) is 30.3 Å². The number of likely N-dealkylation sites (tertiary alicyclic amines) is 2. The SMILES string of the molecule is O=CC1CCCCN1C(=O)C1CCCN1C(=O)OCc1ccccc1. The van der Waals surface area contributed by atoms with Crippen LogP contribution in [0.1, 0.15) is 37.7 Å². The zero-order chi connectivity index (χ0) is 17.6. The molecule has 2 aliphatic rings. The third-order valence-electron chi connectivity index (χ3n) is 4.97. The minimum Gasteiger partial charge on any atom is -0.445 e. The highest BCUT2D eigenvalue weighted by atomic mass is 16.6. The van der Waals surface area contributed by atoms with Gasteiger partial charge in [-0.25, -0.2) is 4.79 Å². The Labute approximate surface area is 147 Å². The van der Waals surface area contributed by atoms with Crippen molar-refractivity contribution in [3.05, 3.63) is 35.9 Å². The van der Waals surface area contributed by atoms with Crippen LogP contribution in [0.4, 0.5) is 4.79 Å². The molecule has 0 bridgehead atoms. The lowest BCUT2D eigenvalue weighted by Crippen LogP contribution is -2.53. The van der Waals surface area contributed by atoms with Gasteiger partial charge in [-0.1, -0.05) is 30.3 Å². The van der Waals surface area contributed by atoms with Gasteiger partial charge in [0.15, 0.2) is 0 Å². The fourth-order valence-electron chi connectivity index (χ4n) is 3.61. The number of carbonyl (C=O) groups excluding carboxylic acids is 3. The fraction of sp³-hybridized carbons (Fsp3) is 0.526. The summed E-state index contributed by atoms with van der Waals surface area (Å²) in [7, 11) is 0. The van der Waals surface area contributed by atoms with Gasteiger partial charge in [0.05, 0.1) is 6.04 Å². The molecule has 0 aliphatic carbocycles. The first-order valence-corrected chi connectivity index (χ1v) is 8.94. The standard InChI is InChI=1S/C19H24N2O4/c22-13-16-9-4-5-11-20(16)18(23)17-10-6-12-21(17)19(24)25-14-15-7-2-1-3-8-15/h1-3,7-8,13,16-17H,4-6,9-12,14H2. The van der Waals surface area contributed by atoms with Crippen molar-refractivity contribution in [2.45, 2.75) is 50.8 Å². The van der Waals surface area contributed by atoms with E-state index >= 15 is 0 Å². The zero-order valence-electron chi connectivity index (χ0n) is 14.3. The summed E-state index contributed by atoms with van der Waals surface area (Å²) in [6.07, 6.45) is 4.36. The summed E-state index contributed by atoms with van der Waals surface area (Å²) >= 11 is 0. The second kappa shape index (κ2) is 8.14. The van der Waals surface area contributed by atoms with Gasteiger partial charge in [0.1, 0.15) is 18.9 Å². The van der Waals surface area contributed by atoms with Gasteiger partial charge in [0.25, 0.3) is 0 Å². The Hall–Kier alpha value is -2.37. The van der Waals surface area contributed by atoms with Crippen molar-refractivity contribution in [2.24, 2.45) is 0 Å². The van der Waals surface area contributed by atoms with Crippen molar-refractivity contribution in [1.82, 2.24) is 9.80 Å². The summed E-state index contributed by atoms with van der Waals surface area (Å²) in [5.74, 6) is -0.119. The summed E-state index contributed by atoms with van der Waals surface area (Å²) in [6.45, 7) is 1.30. The number of hydrogen-bond donors (Lipinski definition) is 0. The molecule has 0 aromatic heterocycles. The van der Waals surface area contributed by atoms with E-state index in [0.717, 1.165) is 31.1 Å². The molecule has 134 valence electrons. The molecule has 1 aromatic carbocycles. The Bertz CT molecular complexity index is 619. The van der Waals surface area contributed by atoms with Crippen LogP contribution in [-0.4, -0.2) is 53.3 Å². The van der Waals surface area contributed by atoms with E-state index < -0.39 is 12.1 Å². The van der Waals surface area contributed by atoms with E-state index in [9.17, 15) is 14.4 Å². The molecule has 25 heavy (non-hydrogen) atoms. The van der Waals surface area contributed by atoms with Gasteiger partial charge < -0.3 is 14.4 Å². The molecule has 6 heteroatoms. The summed E-state index contributed by atoms with van der Waals surface area (Å²) in [5.41, 5.74) is 0.912. The number of nitrogens with zero attached hydrogens (tertiary/aromatic N) is 2. The lowest BCUT2D eigenvalue weighted by Gasteiger charge is -2.36. The fourth-order valence-corrected chi connectivity index (χ4v) is 3.61. The first-order valence-electron chi connectivity index (χ1n) is 8.94. The summed E-state index contributed by atoms with van der Waals surface area (Å²) in [4.78, 5) is 39.7. The van der Waals surface area contributed by atoms with Crippen molar-refractivity contribution >= 4 is 18.3 Å². The van der Waals surface area contributed by atoms with E-state index in [1.54, 1.807) is 4.90 Å². The highest BCUT2D eigenvalue weighted by Crippen LogP contribution is 2.24. The summed E-state index contributed by atoms with van der Waals surface area (Å²) < 4.78 is 5.38. The number of piperidine rings is 1. The molecule has 3 rings (SSSR count). The van der Waals surface area contributed by atoms with Gasteiger partial charge in [-0.2, -0.15) is 0 Å². The zero-order valence-corrected chi connectivity index (χ0v) is 14.3. The molecular weight excluding hydrogens is 320 g/mol. The van der Waals surface area contributed by atoms with Crippen LogP contribution < -0.4 is 0 Å². The lowest BCUT2D eigenvalue weighted by molar-refractivity contribution is -0.141. The molecule has 0 N–H and O–H groups in total. The molecule has 0 radical (unpaired) electrons. The van der Waals surface area contributed by atoms with Crippen LogP contribution in [0.5, 0.6) is 0 Å². The molecule has 2 heterocycles. The molecule has 6 nitrogen and oxygen atoms in total. The maximum atomic E-state index is 12.9. The molecule has 2 saturated heterocycles. The van der Waals surface area contributed by atoms with Crippen LogP contribution >= 0.6 is 0 Å². The van der Waals surface area contributed by atoms with E-state index in [1.165, 1.54) is 4.90 Å². The third-order valence-corrected chi connectivity index (χ3v) is 4.97. The number of benzene rings is 1. The third kappa shape index (κ3) is 4.00. The van der Waals surface area contributed by atoms with Crippen molar-refractivity contribution in [3.63, 3.8) is 0 Å². The van der Waals surface area contributed by atoms with Gasteiger partial charge in [-0.05, 0) is 37.7 Å². The largest absolute Gasteiger partial charge is 0.445 e. The lowest BCUT2D eigenvalue weighted by atomic mass is 10.0. The minimum absolute atomic E-state index is 0.119. The Kier molecular flexibility index (Phi) is 5.68. The number of hydrogen-bond acceptors (Lipinski definition) is 4. The molecule has 2 fully saturated rings. The van der Waals surface area contributed by atoms with Gasteiger partial charge in [0, 0.05) is 13.1 Å². The van der Waals surface area contributed by atoms with Crippen LogP contribution in [0.25, 0.3) is 0 Å². The van der Waals surface area contributed by atoms with Crippen LogP contribution in [0.3, 0.4) is 0 Å². The van der Waals surface area contributed by atoms with Crippen molar-refractivity contribution < 1.29 is 19.1 Å². The second-order valence-electron chi connectivity index (χ2n) is 6.62. The maximum absolute atomic E-state index is 12.9. The Morgan fingerprint density at radius 2 is 1.80 bits per heavy atom. The summed E-state index contributed by atoms with van der Waals surface area (Å²) in [5, 5.41) is 0. The average molecular weight is 344 g/mol. The molecular formula is C19H24N2O4. The number of carbonyl (C=O) groups is 3. The molecule has 2 amide bonds. The average Bonchev–Trinajstić information content (AvgIpc) is 3.16. The van der Waals surface area contributed by atoms with E-state index in [2.05, 4.69) is 0 Å². The Morgan fingerprint density at radius 1 is 1.04 bits per heavy atom. The van der Waals surface area contributed by atoms with Crippen LogP contribution in [0.2, 0.25) is 0 Å². The highest BCUT2D eigenvalue weighted by Gasteiger charge is 2.39. The number of rotatable bonds is 4. The smallest absolute Gasteiger partial charge is 0.410 e. The molecule has 0 spiro atoms. The predicted molar refractivity (Wildman–Crippen MR) is 91.8 cm³/mol. The molecule has 2 atom stereocenters. The Balaban J connectivity index is 1.62. The van der Waals surface area contributed by atoms with Crippen molar-refractivity contribution in [2.75, 3.05) is 13.1 Å².